The highest BCUT2D eigenvalue weighted by Gasteiger charge is 2.33. The number of fused-ring (bicyclic) bond motifs is 2. The summed E-state index contributed by atoms with van der Waals surface area (Å²) in [5, 5.41) is 13.6. The number of benzene rings is 1. The van der Waals surface area contributed by atoms with Crippen molar-refractivity contribution in [2.75, 3.05) is 11.1 Å². The fourth-order valence-electron chi connectivity index (χ4n) is 4.78. The molecule has 6 rings (SSSR count). The summed E-state index contributed by atoms with van der Waals surface area (Å²) in [7, 11) is 0. The SMILES string of the molecule is CCn1nc(-c2ccccn2)c2c1NC(=O)CSC2c1cc2cnn(-c3ccnc(C)c3)c2cc1C. The molecule has 0 saturated heterocycles. The molecule has 0 spiro atoms. The quantitative estimate of drug-likeness (QED) is 0.373. The number of hydrogen-bond donors (Lipinski definition) is 1. The number of hydrogen-bond acceptors (Lipinski definition) is 6. The predicted molar refractivity (Wildman–Crippen MR) is 142 cm³/mol. The van der Waals surface area contributed by atoms with E-state index in [0.717, 1.165) is 56.2 Å². The first-order chi connectivity index (χ1) is 17.5. The number of carbonyl (C=O) groups excluding carboxylic acids is 1. The lowest BCUT2D eigenvalue weighted by Gasteiger charge is -2.19. The van der Waals surface area contributed by atoms with Crippen LogP contribution in [-0.2, 0) is 11.3 Å². The summed E-state index contributed by atoms with van der Waals surface area (Å²) in [5.74, 6) is 1.09. The van der Waals surface area contributed by atoms with Gasteiger partial charge in [-0.1, -0.05) is 6.07 Å². The monoisotopic (exact) mass is 495 g/mol. The molecule has 4 aromatic heterocycles. The summed E-state index contributed by atoms with van der Waals surface area (Å²) in [6, 6.07) is 14.2. The summed E-state index contributed by atoms with van der Waals surface area (Å²) >= 11 is 1.62. The zero-order chi connectivity index (χ0) is 24.8. The van der Waals surface area contributed by atoms with Crippen molar-refractivity contribution in [3.8, 4) is 17.1 Å². The molecule has 1 N–H and O–H groups in total. The van der Waals surface area contributed by atoms with Crippen LogP contribution in [0.2, 0.25) is 0 Å². The smallest absolute Gasteiger partial charge is 0.235 e. The topological polar surface area (TPSA) is 90.5 Å². The van der Waals surface area contributed by atoms with Gasteiger partial charge in [0.1, 0.15) is 11.5 Å². The minimum absolute atomic E-state index is 0.0227. The van der Waals surface area contributed by atoms with Gasteiger partial charge in [0.2, 0.25) is 5.91 Å². The van der Waals surface area contributed by atoms with E-state index in [1.807, 2.05) is 59.7 Å². The highest BCUT2D eigenvalue weighted by Crippen LogP contribution is 2.47. The van der Waals surface area contributed by atoms with Gasteiger partial charge >= 0.3 is 0 Å². The Morgan fingerprint density at radius 2 is 2.00 bits per heavy atom. The van der Waals surface area contributed by atoms with Crippen molar-refractivity contribution < 1.29 is 4.79 Å². The Morgan fingerprint density at radius 3 is 2.78 bits per heavy atom. The van der Waals surface area contributed by atoms with Crippen molar-refractivity contribution in [2.24, 2.45) is 0 Å². The molecular formula is C27H25N7OS. The number of anilines is 1. The second-order valence-electron chi connectivity index (χ2n) is 8.86. The number of aryl methyl sites for hydroxylation is 3. The number of pyridine rings is 2. The fraction of sp³-hybridized carbons (Fsp3) is 0.222. The lowest BCUT2D eigenvalue weighted by Crippen LogP contribution is -2.16. The maximum atomic E-state index is 12.7. The second kappa shape index (κ2) is 8.91. The molecule has 1 aromatic carbocycles. The van der Waals surface area contributed by atoms with E-state index in [0.29, 0.717) is 12.3 Å². The van der Waals surface area contributed by atoms with Crippen molar-refractivity contribution in [1.82, 2.24) is 29.5 Å². The van der Waals surface area contributed by atoms with Crippen molar-refractivity contribution in [3.63, 3.8) is 0 Å². The average molecular weight is 496 g/mol. The van der Waals surface area contributed by atoms with Crippen molar-refractivity contribution in [1.29, 1.82) is 0 Å². The van der Waals surface area contributed by atoms with E-state index in [2.05, 4.69) is 39.4 Å². The van der Waals surface area contributed by atoms with Gasteiger partial charge in [-0.25, -0.2) is 9.36 Å². The van der Waals surface area contributed by atoms with Crippen LogP contribution in [-0.4, -0.2) is 41.2 Å². The van der Waals surface area contributed by atoms with Crippen LogP contribution < -0.4 is 5.32 Å². The standard InChI is InChI=1S/C27H25N7OS/c1-4-33-27-24(25(32-33)21-7-5-6-9-29-21)26(36-15-23(35)31-27)20-13-18-14-30-34(22(18)11-16(20)2)19-8-10-28-17(3)12-19/h5-14,26H,4,15H2,1-3H3,(H,31,35). The zero-order valence-corrected chi connectivity index (χ0v) is 21.1. The fourth-order valence-corrected chi connectivity index (χ4v) is 5.99. The molecule has 8 nitrogen and oxygen atoms in total. The number of rotatable bonds is 4. The number of nitrogens with one attached hydrogen (secondary N) is 1. The number of nitrogens with zero attached hydrogens (tertiary/aromatic N) is 6. The molecule has 1 amide bonds. The van der Waals surface area contributed by atoms with Gasteiger partial charge in [0.25, 0.3) is 0 Å². The summed E-state index contributed by atoms with van der Waals surface area (Å²) in [6.45, 7) is 6.77. The minimum atomic E-state index is -0.0906. The molecule has 0 fully saturated rings. The highest BCUT2D eigenvalue weighted by atomic mass is 32.2. The van der Waals surface area contributed by atoms with Crippen LogP contribution in [0.1, 0.15) is 34.6 Å². The molecular weight excluding hydrogens is 470 g/mol. The van der Waals surface area contributed by atoms with Crippen LogP contribution in [0, 0.1) is 13.8 Å². The first kappa shape index (κ1) is 22.5. The van der Waals surface area contributed by atoms with Crippen LogP contribution in [0.5, 0.6) is 0 Å². The molecule has 9 heteroatoms. The Balaban J connectivity index is 1.54. The molecule has 180 valence electrons. The first-order valence-electron chi connectivity index (χ1n) is 11.9. The molecule has 1 aliphatic heterocycles. The molecule has 0 saturated carbocycles. The molecule has 5 aromatic rings. The lowest BCUT2D eigenvalue weighted by atomic mass is 9.97. The van der Waals surface area contributed by atoms with Gasteiger partial charge in [0.05, 0.1) is 34.1 Å². The molecule has 0 aliphatic carbocycles. The summed E-state index contributed by atoms with van der Waals surface area (Å²) in [5.41, 5.74) is 7.81. The van der Waals surface area contributed by atoms with Crippen LogP contribution in [0.4, 0.5) is 5.82 Å². The van der Waals surface area contributed by atoms with E-state index in [-0.39, 0.29) is 11.2 Å². The van der Waals surface area contributed by atoms with Gasteiger partial charge in [-0.05, 0) is 68.3 Å². The number of aromatic nitrogens is 6. The Hall–Kier alpha value is -3.98. The molecule has 0 radical (unpaired) electrons. The van der Waals surface area contributed by atoms with Gasteiger partial charge < -0.3 is 5.32 Å². The Morgan fingerprint density at radius 1 is 1.11 bits per heavy atom. The van der Waals surface area contributed by atoms with E-state index in [1.165, 1.54) is 0 Å². The van der Waals surface area contributed by atoms with E-state index < -0.39 is 0 Å². The van der Waals surface area contributed by atoms with E-state index in [4.69, 9.17) is 5.10 Å². The summed E-state index contributed by atoms with van der Waals surface area (Å²) in [6.07, 6.45) is 5.48. The molecule has 0 bridgehead atoms. The first-order valence-corrected chi connectivity index (χ1v) is 12.9. The van der Waals surface area contributed by atoms with E-state index in [1.54, 1.807) is 24.2 Å². The van der Waals surface area contributed by atoms with Crippen LogP contribution in [0.25, 0.3) is 28.0 Å². The molecule has 5 heterocycles. The third-order valence-corrected chi connectivity index (χ3v) is 7.71. The van der Waals surface area contributed by atoms with Gasteiger partial charge in [0.15, 0.2) is 0 Å². The third-order valence-electron chi connectivity index (χ3n) is 6.46. The normalized spacial score (nSPS) is 15.5. The number of amides is 1. The maximum Gasteiger partial charge on any atom is 0.235 e. The van der Waals surface area contributed by atoms with E-state index in [9.17, 15) is 4.79 Å². The number of thioether (sulfide) groups is 1. The Bertz CT molecular complexity index is 1610. The maximum absolute atomic E-state index is 12.7. The third kappa shape index (κ3) is 3.76. The number of carbonyl (C=O) groups is 1. The van der Waals surface area contributed by atoms with E-state index >= 15 is 0 Å². The lowest BCUT2D eigenvalue weighted by molar-refractivity contribution is -0.113. The molecule has 1 atom stereocenters. The van der Waals surface area contributed by atoms with Crippen LogP contribution >= 0.6 is 11.8 Å². The highest BCUT2D eigenvalue weighted by molar-refractivity contribution is 8.00. The Labute approximate surface area is 212 Å². The molecule has 1 aliphatic rings. The van der Waals surface area contributed by atoms with Crippen molar-refractivity contribution in [3.05, 3.63) is 83.4 Å². The molecule has 1 unspecified atom stereocenters. The average Bonchev–Trinajstić information content (AvgIpc) is 3.41. The zero-order valence-electron chi connectivity index (χ0n) is 20.3. The van der Waals surface area contributed by atoms with Crippen molar-refractivity contribution >= 4 is 34.4 Å². The van der Waals surface area contributed by atoms with Gasteiger partial charge in [-0.15, -0.1) is 11.8 Å². The minimum Gasteiger partial charge on any atom is -0.310 e. The summed E-state index contributed by atoms with van der Waals surface area (Å²) < 4.78 is 3.82. The van der Waals surface area contributed by atoms with Crippen LogP contribution in [0.15, 0.2) is 61.1 Å². The second-order valence-corrected chi connectivity index (χ2v) is 9.95. The Kier molecular flexibility index (Phi) is 5.56. The van der Waals surface area contributed by atoms with Crippen molar-refractivity contribution in [2.45, 2.75) is 32.6 Å². The summed E-state index contributed by atoms with van der Waals surface area (Å²) in [4.78, 5) is 21.6. The van der Waals surface area contributed by atoms with Crippen LogP contribution in [0.3, 0.4) is 0 Å². The van der Waals surface area contributed by atoms with Gasteiger partial charge in [-0.3, -0.25) is 14.8 Å². The predicted octanol–water partition coefficient (Wildman–Crippen LogP) is 5.09. The molecule has 36 heavy (non-hydrogen) atoms. The van der Waals surface area contributed by atoms with Gasteiger partial charge in [0, 0.05) is 35.6 Å². The van der Waals surface area contributed by atoms with Gasteiger partial charge in [-0.2, -0.15) is 10.2 Å². The largest absolute Gasteiger partial charge is 0.310 e.